The lowest BCUT2D eigenvalue weighted by atomic mass is 10.2. The van der Waals surface area contributed by atoms with Crippen LogP contribution in [0.3, 0.4) is 0 Å². The molecule has 22 heavy (non-hydrogen) atoms. The van der Waals surface area contributed by atoms with Crippen LogP contribution < -0.4 is 5.32 Å². The second kappa shape index (κ2) is 6.15. The van der Waals surface area contributed by atoms with Gasteiger partial charge in [0.2, 0.25) is 5.91 Å². The van der Waals surface area contributed by atoms with Gasteiger partial charge in [-0.2, -0.15) is 5.10 Å². The number of benzene rings is 2. The van der Waals surface area contributed by atoms with Crippen molar-refractivity contribution in [3.63, 3.8) is 0 Å². The minimum absolute atomic E-state index is 0.207. The Bertz CT molecular complexity index is 831. The number of rotatable bonds is 4. The fourth-order valence-electron chi connectivity index (χ4n) is 2.25. The van der Waals surface area contributed by atoms with Gasteiger partial charge >= 0.3 is 0 Å². The Morgan fingerprint density at radius 3 is 2.86 bits per heavy atom. The highest BCUT2D eigenvalue weighted by Crippen LogP contribution is 2.22. The van der Waals surface area contributed by atoms with Gasteiger partial charge in [0.1, 0.15) is 5.82 Å². The predicted molar refractivity (Wildman–Crippen MR) is 84.4 cm³/mol. The first-order chi connectivity index (χ1) is 10.6. The minimum atomic E-state index is -0.386. The summed E-state index contributed by atoms with van der Waals surface area (Å²) in [5.74, 6) is -0.594. The fraction of sp³-hybridized carbons (Fsp3) is 0.125. The van der Waals surface area contributed by atoms with Crippen molar-refractivity contribution in [2.45, 2.75) is 13.0 Å². The van der Waals surface area contributed by atoms with E-state index in [0.717, 1.165) is 10.9 Å². The summed E-state index contributed by atoms with van der Waals surface area (Å²) in [7, 11) is 0. The number of aromatic nitrogens is 2. The average molecular weight is 318 g/mol. The monoisotopic (exact) mass is 317 g/mol. The van der Waals surface area contributed by atoms with Crippen LogP contribution in [0.25, 0.3) is 10.9 Å². The molecule has 0 unspecified atom stereocenters. The third-order valence-electron chi connectivity index (χ3n) is 3.27. The third-order valence-corrected chi connectivity index (χ3v) is 3.55. The van der Waals surface area contributed by atoms with Crippen molar-refractivity contribution in [1.82, 2.24) is 9.78 Å². The first-order valence-electron chi connectivity index (χ1n) is 6.80. The van der Waals surface area contributed by atoms with Crippen LogP contribution in [0.1, 0.15) is 6.42 Å². The number of amides is 1. The van der Waals surface area contributed by atoms with E-state index in [1.165, 1.54) is 12.1 Å². The lowest BCUT2D eigenvalue weighted by Gasteiger charge is -2.06. The summed E-state index contributed by atoms with van der Waals surface area (Å²) < 4.78 is 14.8. The summed E-state index contributed by atoms with van der Waals surface area (Å²) in [5, 5.41) is 8.15. The summed E-state index contributed by atoms with van der Waals surface area (Å²) in [5.41, 5.74) is 1.32. The number of hydrogen-bond acceptors (Lipinski definition) is 2. The van der Waals surface area contributed by atoms with Crippen LogP contribution in [0.5, 0.6) is 0 Å². The van der Waals surface area contributed by atoms with Crippen molar-refractivity contribution in [2.24, 2.45) is 0 Å². The van der Waals surface area contributed by atoms with Crippen molar-refractivity contribution >= 4 is 34.1 Å². The summed E-state index contributed by atoms with van der Waals surface area (Å²) in [6, 6.07) is 13.4. The molecule has 3 aromatic rings. The van der Waals surface area contributed by atoms with Crippen molar-refractivity contribution in [2.75, 3.05) is 5.32 Å². The van der Waals surface area contributed by atoms with Gasteiger partial charge in [0.15, 0.2) is 5.15 Å². The molecule has 3 rings (SSSR count). The zero-order valence-electron chi connectivity index (χ0n) is 11.6. The Hall–Kier alpha value is -2.40. The van der Waals surface area contributed by atoms with Crippen LogP contribution >= 0.6 is 11.6 Å². The molecule has 0 aliphatic rings. The number of nitrogens with zero attached hydrogens (tertiary/aromatic N) is 2. The average Bonchev–Trinajstić information content (AvgIpc) is 2.82. The van der Waals surface area contributed by atoms with Gasteiger partial charge in [-0.1, -0.05) is 29.8 Å². The topological polar surface area (TPSA) is 46.9 Å². The number of anilines is 1. The quantitative estimate of drug-likeness (QED) is 0.794. The van der Waals surface area contributed by atoms with Gasteiger partial charge in [-0.25, -0.2) is 4.39 Å². The highest BCUT2D eigenvalue weighted by molar-refractivity contribution is 6.34. The largest absolute Gasteiger partial charge is 0.326 e. The van der Waals surface area contributed by atoms with Gasteiger partial charge in [-0.3, -0.25) is 9.48 Å². The van der Waals surface area contributed by atoms with E-state index in [1.807, 2.05) is 24.3 Å². The second-order valence-electron chi connectivity index (χ2n) is 4.84. The number of fused-ring (bicyclic) bond motifs is 1. The standard InChI is InChI=1S/C16H13ClFN3O/c17-16-13-6-1-2-7-14(13)21(20-16)9-8-15(22)19-12-5-3-4-11(18)10-12/h1-7,10H,8-9H2,(H,19,22). The maximum absolute atomic E-state index is 13.1. The minimum Gasteiger partial charge on any atom is -0.326 e. The van der Waals surface area contributed by atoms with E-state index in [0.29, 0.717) is 17.4 Å². The number of nitrogens with one attached hydrogen (secondary N) is 1. The molecule has 0 aliphatic carbocycles. The number of carbonyl (C=O) groups excluding carboxylic acids is 1. The Kier molecular flexibility index (Phi) is 4.06. The molecular weight excluding hydrogens is 305 g/mol. The van der Waals surface area contributed by atoms with E-state index in [-0.39, 0.29) is 18.1 Å². The van der Waals surface area contributed by atoms with Crippen LogP contribution in [0.4, 0.5) is 10.1 Å². The molecule has 0 atom stereocenters. The summed E-state index contributed by atoms with van der Waals surface area (Å²) in [6.45, 7) is 0.397. The van der Waals surface area contributed by atoms with Crippen molar-refractivity contribution in [1.29, 1.82) is 0 Å². The highest BCUT2D eigenvalue weighted by Gasteiger charge is 2.10. The lowest BCUT2D eigenvalue weighted by Crippen LogP contribution is -2.15. The second-order valence-corrected chi connectivity index (χ2v) is 5.20. The summed E-state index contributed by atoms with van der Waals surface area (Å²) >= 11 is 6.07. The van der Waals surface area contributed by atoms with E-state index in [9.17, 15) is 9.18 Å². The normalized spacial score (nSPS) is 10.8. The van der Waals surface area contributed by atoms with E-state index in [2.05, 4.69) is 10.4 Å². The van der Waals surface area contributed by atoms with Gasteiger partial charge in [0, 0.05) is 17.5 Å². The van der Waals surface area contributed by atoms with Crippen molar-refractivity contribution < 1.29 is 9.18 Å². The molecule has 0 saturated heterocycles. The molecule has 112 valence electrons. The predicted octanol–water partition coefficient (Wildman–Crippen LogP) is 3.86. The molecule has 0 spiro atoms. The number of carbonyl (C=O) groups is 1. The molecule has 1 aromatic heterocycles. The third kappa shape index (κ3) is 3.09. The summed E-state index contributed by atoms with van der Waals surface area (Å²) in [6.07, 6.45) is 0.221. The maximum Gasteiger partial charge on any atom is 0.226 e. The van der Waals surface area contributed by atoms with Gasteiger partial charge in [0.05, 0.1) is 12.1 Å². The van der Waals surface area contributed by atoms with Crippen LogP contribution in [0.15, 0.2) is 48.5 Å². The Morgan fingerprint density at radius 1 is 1.23 bits per heavy atom. The van der Waals surface area contributed by atoms with Gasteiger partial charge < -0.3 is 5.32 Å². The first-order valence-corrected chi connectivity index (χ1v) is 7.18. The number of hydrogen-bond donors (Lipinski definition) is 1. The molecule has 4 nitrogen and oxygen atoms in total. The highest BCUT2D eigenvalue weighted by atomic mass is 35.5. The van der Waals surface area contributed by atoms with Crippen molar-refractivity contribution in [3.05, 3.63) is 59.5 Å². The Labute approximate surface area is 131 Å². The smallest absolute Gasteiger partial charge is 0.226 e. The molecule has 0 radical (unpaired) electrons. The van der Waals surface area contributed by atoms with E-state index in [4.69, 9.17) is 11.6 Å². The van der Waals surface area contributed by atoms with Crippen LogP contribution in [0, 0.1) is 5.82 Å². The first kappa shape index (κ1) is 14.5. The molecule has 0 bridgehead atoms. The molecular formula is C16H13ClFN3O. The maximum atomic E-state index is 13.1. The van der Waals surface area contributed by atoms with Gasteiger partial charge in [0.25, 0.3) is 0 Å². The van der Waals surface area contributed by atoms with Gasteiger partial charge in [-0.05, 0) is 30.3 Å². The molecule has 1 heterocycles. The molecule has 6 heteroatoms. The molecule has 1 N–H and O–H groups in total. The zero-order valence-corrected chi connectivity index (χ0v) is 12.3. The van der Waals surface area contributed by atoms with Gasteiger partial charge in [-0.15, -0.1) is 0 Å². The SMILES string of the molecule is O=C(CCn1nc(Cl)c2ccccc21)Nc1cccc(F)c1. The molecule has 2 aromatic carbocycles. The fourth-order valence-corrected chi connectivity index (χ4v) is 2.51. The summed E-state index contributed by atoms with van der Waals surface area (Å²) in [4.78, 5) is 11.9. The number of aryl methyl sites for hydroxylation is 1. The number of para-hydroxylation sites is 1. The van der Waals surface area contributed by atoms with E-state index < -0.39 is 0 Å². The molecule has 1 amide bonds. The lowest BCUT2D eigenvalue weighted by molar-refractivity contribution is -0.116. The van der Waals surface area contributed by atoms with Crippen LogP contribution in [-0.4, -0.2) is 15.7 Å². The molecule has 0 saturated carbocycles. The van der Waals surface area contributed by atoms with Crippen LogP contribution in [-0.2, 0) is 11.3 Å². The Balaban J connectivity index is 1.68. The van der Waals surface area contributed by atoms with Crippen LogP contribution in [0.2, 0.25) is 5.15 Å². The van der Waals surface area contributed by atoms with E-state index >= 15 is 0 Å². The Morgan fingerprint density at radius 2 is 2.05 bits per heavy atom. The van der Waals surface area contributed by atoms with E-state index in [1.54, 1.807) is 16.8 Å². The zero-order chi connectivity index (χ0) is 15.5. The molecule has 0 fully saturated rings. The van der Waals surface area contributed by atoms with Crippen molar-refractivity contribution in [3.8, 4) is 0 Å². The number of halogens is 2. The molecule has 0 aliphatic heterocycles.